The molecule has 0 aromatic heterocycles. The van der Waals surface area contributed by atoms with Crippen molar-refractivity contribution in [3.63, 3.8) is 0 Å². The van der Waals surface area contributed by atoms with E-state index in [-0.39, 0.29) is 0 Å². The first-order chi connectivity index (χ1) is 9.43. The van der Waals surface area contributed by atoms with Crippen LogP contribution in [0.2, 0.25) is 0 Å². The van der Waals surface area contributed by atoms with Gasteiger partial charge in [-0.25, -0.2) is 0 Å². The third-order valence-corrected chi connectivity index (χ3v) is 4.15. The predicted octanol–water partition coefficient (Wildman–Crippen LogP) is 4.57. The van der Waals surface area contributed by atoms with Crippen molar-refractivity contribution in [1.82, 2.24) is 4.90 Å². The summed E-state index contributed by atoms with van der Waals surface area (Å²) >= 11 is 0. The van der Waals surface area contributed by atoms with Crippen LogP contribution >= 0.6 is 0 Å². The standard InChI is InChI=1S/C19H25N/c1-13-9-7-10-14(2)17(13)19(20(5)6)18-15(3)11-8-12-16(18)4/h7-12,19H,1-6H3. The van der Waals surface area contributed by atoms with Gasteiger partial charge in [-0.3, -0.25) is 4.90 Å². The second kappa shape index (κ2) is 5.80. The highest BCUT2D eigenvalue weighted by Gasteiger charge is 2.23. The molecule has 1 heteroatoms. The summed E-state index contributed by atoms with van der Waals surface area (Å²) in [5.74, 6) is 0. The largest absolute Gasteiger partial charge is 0.299 e. The topological polar surface area (TPSA) is 3.24 Å². The fraction of sp³-hybridized carbons (Fsp3) is 0.368. The van der Waals surface area contributed by atoms with Gasteiger partial charge in [-0.2, -0.15) is 0 Å². The van der Waals surface area contributed by atoms with Gasteiger partial charge in [0.25, 0.3) is 0 Å². The van der Waals surface area contributed by atoms with Gasteiger partial charge in [-0.15, -0.1) is 0 Å². The van der Waals surface area contributed by atoms with Crippen molar-refractivity contribution in [2.75, 3.05) is 14.1 Å². The van der Waals surface area contributed by atoms with Gasteiger partial charge in [0.2, 0.25) is 0 Å². The van der Waals surface area contributed by atoms with Crippen LogP contribution in [-0.4, -0.2) is 19.0 Å². The van der Waals surface area contributed by atoms with E-state index in [2.05, 4.69) is 83.1 Å². The first kappa shape index (κ1) is 14.8. The van der Waals surface area contributed by atoms with E-state index < -0.39 is 0 Å². The number of hydrogen-bond acceptors (Lipinski definition) is 1. The van der Waals surface area contributed by atoms with Crippen LogP contribution in [0.15, 0.2) is 36.4 Å². The van der Waals surface area contributed by atoms with E-state index in [1.807, 2.05) is 0 Å². The summed E-state index contributed by atoms with van der Waals surface area (Å²) in [5, 5.41) is 0. The lowest BCUT2D eigenvalue weighted by Gasteiger charge is -2.31. The summed E-state index contributed by atoms with van der Waals surface area (Å²) < 4.78 is 0. The fourth-order valence-electron chi connectivity index (χ4n) is 3.18. The minimum absolute atomic E-state index is 0.317. The Hall–Kier alpha value is -1.60. The zero-order chi connectivity index (χ0) is 14.9. The van der Waals surface area contributed by atoms with E-state index in [0.717, 1.165) is 0 Å². The summed E-state index contributed by atoms with van der Waals surface area (Å²) in [6.07, 6.45) is 0. The highest BCUT2D eigenvalue weighted by molar-refractivity contribution is 5.47. The molecule has 2 rings (SSSR count). The lowest BCUT2D eigenvalue weighted by Crippen LogP contribution is -2.24. The number of rotatable bonds is 3. The van der Waals surface area contributed by atoms with E-state index in [4.69, 9.17) is 0 Å². The normalized spacial score (nSPS) is 11.4. The number of hydrogen-bond donors (Lipinski definition) is 0. The van der Waals surface area contributed by atoms with Crippen molar-refractivity contribution in [1.29, 1.82) is 0 Å². The molecule has 0 aliphatic carbocycles. The van der Waals surface area contributed by atoms with Gasteiger partial charge in [0.05, 0.1) is 6.04 Å². The Morgan fingerprint density at radius 1 is 0.650 bits per heavy atom. The smallest absolute Gasteiger partial charge is 0.0607 e. The Morgan fingerprint density at radius 2 is 0.950 bits per heavy atom. The molecule has 0 radical (unpaired) electrons. The average Bonchev–Trinajstić information content (AvgIpc) is 2.35. The van der Waals surface area contributed by atoms with Gasteiger partial charge in [-0.05, 0) is 75.2 Å². The molecule has 0 amide bonds. The number of nitrogens with zero attached hydrogens (tertiary/aromatic N) is 1. The Labute approximate surface area is 123 Å². The van der Waals surface area contributed by atoms with Crippen LogP contribution in [0.4, 0.5) is 0 Å². The van der Waals surface area contributed by atoms with E-state index >= 15 is 0 Å². The van der Waals surface area contributed by atoms with Crippen molar-refractivity contribution >= 4 is 0 Å². The Bertz CT molecular complexity index is 519. The molecule has 0 bridgehead atoms. The molecule has 106 valence electrons. The average molecular weight is 267 g/mol. The highest BCUT2D eigenvalue weighted by atomic mass is 15.1. The molecule has 0 heterocycles. The second-order valence-corrected chi connectivity index (χ2v) is 5.98. The van der Waals surface area contributed by atoms with Gasteiger partial charge in [0.1, 0.15) is 0 Å². The minimum Gasteiger partial charge on any atom is -0.299 e. The second-order valence-electron chi connectivity index (χ2n) is 5.98. The molecule has 0 spiro atoms. The molecule has 0 N–H and O–H groups in total. The fourth-order valence-corrected chi connectivity index (χ4v) is 3.18. The van der Waals surface area contributed by atoms with E-state index in [0.29, 0.717) is 6.04 Å². The molecular formula is C19H25N. The molecule has 2 aromatic carbocycles. The SMILES string of the molecule is Cc1cccc(C)c1C(c1c(C)cccc1C)N(C)C. The summed E-state index contributed by atoms with van der Waals surface area (Å²) in [4.78, 5) is 2.32. The van der Waals surface area contributed by atoms with Crippen LogP contribution in [0, 0.1) is 27.7 Å². The Morgan fingerprint density at radius 3 is 1.20 bits per heavy atom. The maximum atomic E-state index is 2.32. The molecule has 1 nitrogen and oxygen atoms in total. The van der Waals surface area contributed by atoms with Crippen LogP contribution in [0.25, 0.3) is 0 Å². The third-order valence-electron chi connectivity index (χ3n) is 4.15. The van der Waals surface area contributed by atoms with Crippen LogP contribution in [0.5, 0.6) is 0 Å². The lowest BCUT2D eigenvalue weighted by molar-refractivity contribution is 0.338. The summed E-state index contributed by atoms with van der Waals surface area (Å²) in [6, 6.07) is 13.5. The molecule has 0 atom stereocenters. The zero-order valence-electron chi connectivity index (χ0n) is 13.5. The molecular weight excluding hydrogens is 242 g/mol. The molecule has 0 aliphatic rings. The van der Waals surface area contributed by atoms with Gasteiger partial charge in [0, 0.05) is 0 Å². The van der Waals surface area contributed by atoms with Crippen molar-refractivity contribution < 1.29 is 0 Å². The Kier molecular flexibility index (Phi) is 4.29. The Balaban J connectivity index is 2.70. The van der Waals surface area contributed by atoms with E-state index in [9.17, 15) is 0 Å². The van der Waals surface area contributed by atoms with Gasteiger partial charge < -0.3 is 0 Å². The molecule has 20 heavy (non-hydrogen) atoms. The van der Waals surface area contributed by atoms with Crippen molar-refractivity contribution in [3.05, 3.63) is 69.8 Å². The summed E-state index contributed by atoms with van der Waals surface area (Å²) in [6.45, 7) is 8.86. The third kappa shape index (κ3) is 2.64. The maximum Gasteiger partial charge on any atom is 0.0607 e. The summed E-state index contributed by atoms with van der Waals surface area (Å²) in [7, 11) is 4.34. The quantitative estimate of drug-likeness (QED) is 0.787. The molecule has 0 aliphatic heterocycles. The number of aryl methyl sites for hydroxylation is 4. The van der Waals surface area contributed by atoms with Crippen molar-refractivity contribution in [3.8, 4) is 0 Å². The van der Waals surface area contributed by atoms with Crippen LogP contribution < -0.4 is 0 Å². The molecule has 0 unspecified atom stereocenters. The van der Waals surface area contributed by atoms with Gasteiger partial charge in [-0.1, -0.05) is 36.4 Å². The summed E-state index contributed by atoms with van der Waals surface area (Å²) in [5.41, 5.74) is 8.35. The zero-order valence-corrected chi connectivity index (χ0v) is 13.5. The first-order valence-corrected chi connectivity index (χ1v) is 7.22. The predicted molar refractivity (Wildman–Crippen MR) is 87.4 cm³/mol. The molecule has 0 saturated carbocycles. The van der Waals surface area contributed by atoms with Crippen molar-refractivity contribution in [2.24, 2.45) is 0 Å². The molecule has 0 fully saturated rings. The van der Waals surface area contributed by atoms with Gasteiger partial charge >= 0.3 is 0 Å². The molecule has 2 aromatic rings. The van der Waals surface area contributed by atoms with Crippen molar-refractivity contribution in [2.45, 2.75) is 33.7 Å². The minimum atomic E-state index is 0.317. The van der Waals surface area contributed by atoms with Crippen LogP contribution in [-0.2, 0) is 0 Å². The molecule has 0 saturated heterocycles. The van der Waals surface area contributed by atoms with Crippen LogP contribution in [0.3, 0.4) is 0 Å². The lowest BCUT2D eigenvalue weighted by atomic mass is 9.86. The van der Waals surface area contributed by atoms with E-state index in [1.54, 1.807) is 0 Å². The number of benzene rings is 2. The van der Waals surface area contributed by atoms with Crippen LogP contribution in [0.1, 0.15) is 39.4 Å². The highest BCUT2D eigenvalue weighted by Crippen LogP contribution is 2.34. The van der Waals surface area contributed by atoms with E-state index in [1.165, 1.54) is 33.4 Å². The monoisotopic (exact) mass is 267 g/mol. The first-order valence-electron chi connectivity index (χ1n) is 7.22. The maximum absolute atomic E-state index is 2.32. The van der Waals surface area contributed by atoms with Gasteiger partial charge in [0.15, 0.2) is 0 Å².